The lowest BCUT2D eigenvalue weighted by atomic mass is 10.2. The Morgan fingerprint density at radius 3 is 2.73 bits per heavy atom. The largest absolute Gasteiger partial charge is 0.346 e. The van der Waals surface area contributed by atoms with Crippen LogP contribution in [0.2, 0.25) is 0 Å². The Morgan fingerprint density at radius 1 is 1.33 bits per heavy atom. The van der Waals surface area contributed by atoms with Crippen LogP contribution < -0.4 is 0 Å². The zero-order valence-electron chi connectivity index (χ0n) is 7.75. The average Bonchev–Trinajstić information content (AvgIpc) is 2.70. The second-order valence-corrected chi connectivity index (χ2v) is 3.56. The van der Waals surface area contributed by atoms with Crippen molar-refractivity contribution in [3.63, 3.8) is 0 Å². The third-order valence-electron chi connectivity index (χ3n) is 2.14. The lowest BCUT2D eigenvalue weighted by Crippen LogP contribution is -2.10. The molecule has 5 heteroatoms. The van der Waals surface area contributed by atoms with E-state index in [9.17, 15) is 8.78 Å². The van der Waals surface area contributed by atoms with Crippen LogP contribution >= 0.6 is 11.6 Å². The van der Waals surface area contributed by atoms with E-state index in [0.29, 0.717) is 18.1 Å². The van der Waals surface area contributed by atoms with Crippen LogP contribution in [0.5, 0.6) is 0 Å². The first-order valence-corrected chi connectivity index (χ1v) is 5.02. The monoisotopic (exact) mass is 234 g/mol. The number of hydrogen-bond acceptors (Lipinski definition) is 2. The van der Waals surface area contributed by atoms with Gasteiger partial charge in [0.25, 0.3) is 0 Å². The van der Waals surface area contributed by atoms with Crippen LogP contribution in [0.1, 0.15) is 11.9 Å². The summed E-state index contributed by atoms with van der Waals surface area (Å²) in [5.41, 5.74) is 0.460. The summed E-state index contributed by atoms with van der Waals surface area (Å²) in [6.07, 6.45) is -0.839. The molecule has 1 saturated heterocycles. The molecule has 1 fully saturated rings. The van der Waals surface area contributed by atoms with Gasteiger partial charge in [-0.25, -0.2) is 8.78 Å². The molecule has 0 amide bonds. The first-order valence-electron chi connectivity index (χ1n) is 4.48. The van der Waals surface area contributed by atoms with Gasteiger partial charge < -0.3 is 9.47 Å². The van der Waals surface area contributed by atoms with Crippen LogP contribution in [0.15, 0.2) is 18.2 Å². The molecule has 0 spiro atoms. The fourth-order valence-electron chi connectivity index (χ4n) is 1.36. The summed E-state index contributed by atoms with van der Waals surface area (Å²) >= 11 is 5.58. The molecular formula is C10H9ClF2O2. The highest BCUT2D eigenvalue weighted by Gasteiger charge is 2.27. The molecule has 0 bridgehead atoms. The van der Waals surface area contributed by atoms with Crippen molar-refractivity contribution >= 4 is 11.6 Å². The van der Waals surface area contributed by atoms with E-state index in [1.54, 1.807) is 0 Å². The SMILES string of the molecule is Fc1ccc(C2OCC(CCl)O2)cc1F. The third kappa shape index (κ3) is 2.27. The lowest BCUT2D eigenvalue weighted by Gasteiger charge is -2.10. The lowest BCUT2D eigenvalue weighted by molar-refractivity contribution is -0.0569. The third-order valence-corrected chi connectivity index (χ3v) is 2.48. The van der Waals surface area contributed by atoms with Gasteiger partial charge in [0, 0.05) is 5.56 Å². The van der Waals surface area contributed by atoms with Gasteiger partial charge in [-0.1, -0.05) is 6.07 Å². The molecule has 1 aromatic rings. The van der Waals surface area contributed by atoms with Gasteiger partial charge in [0.05, 0.1) is 18.6 Å². The molecule has 0 aliphatic carbocycles. The molecule has 0 saturated carbocycles. The van der Waals surface area contributed by atoms with Gasteiger partial charge in [-0.3, -0.25) is 0 Å². The zero-order valence-corrected chi connectivity index (χ0v) is 8.51. The maximum Gasteiger partial charge on any atom is 0.184 e. The topological polar surface area (TPSA) is 18.5 Å². The summed E-state index contributed by atoms with van der Waals surface area (Å²) < 4.78 is 36.1. The molecule has 2 nitrogen and oxygen atoms in total. The summed E-state index contributed by atoms with van der Waals surface area (Å²) in [7, 11) is 0. The van der Waals surface area contributed by atoms with Crippen molar-refractivity contribution in [1.82, 2.24) is 0 Å². The molecule has 1 aromatic carbocycles. The van der Waals surface area contributed by atoms with Crippen molar-refractivity contribution < 1.29 is 18.3 Å². The maximum absolute atomic E-state index is 12.9. The summed E-state index contributed by atoms with van der Waals surface area (Å²) in [6.45, 7) is 0.368. The number of alkyl halides is 1. The molecule has 82 valence electrons. The van der Waals surface area contributed by atoms with E-state index >= 15 is 0 Å². The second kappa shape index (κ2) is 4.43. The number of hydrogen-bond donors (Lipinski definition) is 0. The number of halogens is 3. The molecule has 2 unspecified atom stereocenters. The Balaban J connectivity index is 2.13. The summed E-state index contributed by atoms with van der Waals surface area (Å²) in [5, 5.41) is 0. The first kappa shape index (κ1) is 10.8. The maximum atomic E-state index is 12.9. The fraction of sp³-hybridized carbons (Fsp3) is 0.400. The molecule has 1 aliphatic heterocycles. The highest BCUT2D eigenvalue weighted by atomic mass is 35.5. The van der Waals surface area contributed by atoms with Crippen molar-refractivity contribution in [2.24, 2.45) is 0 Å². The van der Waals surface area contributed by atoms with Crippen LogP contribution in [0.25, 0.3) is 0 Å². The van der Waals surface area contributed by atoms with Gasteiger partial charge in [0.2, 0.25) is 0 Å². The van der Waals surface area contributed by atoms with Crippen LogP contribution in [0, 0.1) is 11.6 Å². The zero-order chi connectivity index (χ0) is 10.8. The average molecular weight is 235 g/mol. The number of ether oxygens (including phenoxy) is 2. The molecule has 2 atom stereocenters. The van der Waals surface area contributed by atoms with Crippen molar-refractivity contribution in [2.45, 2.75) is 12.4 Å². The van der Waals surface area contributed by atoms with Gasteiger partial charge in [0.15, 0.2) is 17.9 Å². The minimum Gasteiger partial charge on any atom is -0.346 e. The Morgan fingerprint density at radius 2 is 2.13 bits per heavy atom. The van der Waals surface area contributed by atoms with Crippen LogP contribution in [0.4, 0.5) is 8.78 Å². The van der Waals surface area contributed by atoms with E-state index in [4.69, 9.17) is 21.1 Å². The van der Waals surface area contributed by atoms with E-state index in [1.165, 1.54) is 6.07 Å². The summed E-state index contributed by atoms with van der Waals surface area (Å²) in [4.78, 5) is 0. The summed E-state index contributed by atoms with van der Waals surface area (Å²) in [5.74, 6) is -1.47. The van der Waals surface area contributed by atoms with Gasteiger partial charge in [0.1, 0.15) is 0 Å². The van der Waals surface area contributed by atoms with Crippen LogP contribution in [0.3, 0.4) is 0 Å². The van der Waals surface area contributed by atoms with Crippen molar-refractivity contribution in [3.05, 3.63) is 35.4 Å². The molecular weight excluding hydrogens is 226 g/mol. The molecule has 0 aromatic heterocycles. The van der Waals surface area contributed by atoms with E-state index in [-0.39, 0.29) is 6.10 Å². The van der Waals surface area contributed by atoms with Crippen molar-refractivity contribution in [1.29, 1.82) is 0 Å². The Bertz CT molecular complexity index is 359. The Labute approximate surface area is 90.7 Å². The molecule has 0 radical (unpaired) electrons. The van der Waals surface area contributed by atoms with Crippen molar-refractivity contribution in [3.8, 4) is 0 Å². The smallest absolute Gasteiger partial charge is 0.184 e. The highest BCUT2D eigenvalue weighted by Crippen LogP contribution is 2.28. The number of benzene rings is 1. The predicted octanol–water partition coefficient (Wildman–Crippen LogP) is 2.62. The van der Waals surface area contributed by atoms with E-state index in [0.717, 1.165) is 12.1 Å². The second-order valence-electron chi connectivity index (χ2n) is 3.25. The van der Waals surface area contributed by atoms with E-state index < -0.39 is 17.9 Å². The molecule has 2 rings (SSSR count). The Kier molecular flexibility index (Phi) is 3.19. The van der Waals surface area contributed by atoms with Crippen molar-refractivity contribution in [2.75, 3.05) is 12.5 Å². The molecule has 15 heavy (non-hydrogen) atoms. The standard InChI is InChI=1S/C10H9ClF2O2/c11-4-7-5-14-10(15-7)6-1-2-8(12)9(13)3-6/h1-3,7,10H,4-5H2. The fourth-order valence-corrected chi connectivity index (χ4v) is 1.52. The van der Waals surface area contributed by atoms with E-state index in [1.807, 2.05) is 0 Å². The van der Waals surface area contributed by atoms with Crippen LogP contribution in [-0.4, -0.2) is 18.6 Å². The van der Waals surface area contributed by atoms with Gasteiger partial charge in [-0.2, -0.15) is 0 Å². The molecule has 1 heterocycles. The Hall–Kier alpha value is -0.710. The molecule has 1 aliphatic rings. The first-order chi connectivity index (χ1) is 7.20. The quantitative estimate of drug-likeness (QED) is 0.733. The normalized spacial score (nSPS) is 25.8. The van der Waals surface area contributed by atoms with Gasteiger partial charge >= 0.3 is 0 Å². The minimum atomic E-state index is -0.908. The predicted molar refractivity (Wildman–Crippen MR) is 50.6 cm³/mol. The van der Waals surface area contributed by atoms with E-state index in [2.05, 4.69) is 0 Å². The summed E-state index contributed by atoms with van der Waals surface area (Å²) in [6, 6.07) is 3.54. The minimum absolute atomic E-state index is 0.190. The highest BCUT2D eigenvalue weighted by molar-refractivity contribution is 6.18. The van der Waals surface area contributed by atoms with Gasteiger partial charge in [-0.15, -0.1) is 11.6 Å². The van der Waals surface area contributed by atoms with Gasteiger partial charge in [-0.05, 0) is 12.1 Å². The number of rotatable bonds is 2. The molecule has 0 N–H and O–H groups in total. The van der Waals surface area contributed by atoms with Crippen LogP contribution in [-0.2, 0) is 9.47 Å².